The third kappa shape index (κ3) is 3.12. The number of carbonyl (C=O) groups is 1. The molecular formula is C18H15ClF2N2O. The zero-order valence-corrected chi connectivity index (χ0v) is 13.7. The topological polar surface area (TPSA) is 44.9 Å². The number of hydrogen-bond acceptors (Lipinski definition) is 1. The summed E-state index contributed by atoms with van der Waals surface area (Å²) in [4.78, 5) is 15.2. The van der Waals surface area contributed by atoms with Crippen LogP contribution in [0.1, 0.15) is 21.5 Å². The van der Waals surface area contributed by atoms with E-state index in [1.54, 1.807) is 6.07 Å². The van der Waals surface area contributed by atoms with E-state index in [0.717, 1.165) is 16.5 Å². The van der Waals surface area contributed by atoms with Gasteiger partial charge in [-0.05, 0) is 48.7 Å². The molecule has 3 nitrogen and oxygen atoms in total. The van der Waals surface area contributed by atoms with Gasteiger partial charge in [-0.1, -0.05) is 17.7 Å². The lowest BCUT2D eigenvalue weighted by molar-refractivity contribution is 0.0949. The molecule has 0 saturated heterocycles. The molecule has 2 N–H and O–H groups in total. The number of benzene rings is 2. The van der Waals surface area contributed by atoms with Crippen LogP contribution < -0.4 is 5.32 Å². The second kappa shape index (κ2) is 6.61. The number of carbonyl (C=O) groups excluding carboxylic acids is 1. The van der Waals surface area contributed by atoms with Crippen molar-refractivity contribution in [3.8, 4) is 0 Å². The quantitative estimate of drug-likeness (QED) is 0.722. The predicted octanol–water partition coefficient (Wildman–Crippen LogP) is 4.38. The zero-order chi connectivity index (χ0) is 17.3. The summed E-state index contributed by atoms with van der Waals surface area (Å²) in [5.74, 6) is -2.75. The van der Waals surface area contributed by atoms with Gasteiger partial charge in [0.05, 0.1) is 5.56 Å². The fourth-order valence-corrected chi connectivity index (χ4v) is 2.76. The van der Waals surface area contributed by atoms with Crippen molar-refractivity contribution in [3.63, 3.8) is 0 Å². The molecule has 0 fully saturated rings. The Labute approximate surface area is 142 Å². The molecule has 24 heavy (non-hydrogen) atoms. The lowest BCUT2D eigenvalue weighted by atomic mass is 10.1. The van der Waals surface area contributed by atoms with Crippen LogP contribution in [0.5, 0.6) is 0 Å². The molecule has 1 heterocycles. The van der Waals surface area contributed by atoms with Gasteiger partial charge in [0, 0.05) is 28.7 Å². The van der Waals surface area contributed by atoms with E-state index < -0.39 is 17.5 Å². The minimum absolute atomic E-state index is 0.166. The molecule has 0 saturated carbocycles. The Bertz CT molecular complexity index is 921. The van der Waals surface area contributed by atoms with Gasteiger partial charge in [0.15, 0.2) is 11.6 Å². The summed E-state index contributed by atoms with van der Waals surface area (Å²) < 4.78 is 27.3. The van der Waals surface area contributed by atoms with E-state index in [1.165, 1.54) is 19.1 Å². The monoisotopic (exact) mass is 348 g/mol. The largest absolute Gasteiger partial charge is 0.361 e. The minimum Gasteiger partial charge on any atom is -0.361 e. The van der Waals surface area contributed by atoms with Gasteiger partial charge in [-0.25, -0.2) is 8.78 Å². The average molecular weight is 349 g/mol. The lowest BCUT2D eigenvalue weighted by Crippen LogP contribution is -2.27. The van der Waals surface area contributed by atoms with Crippen LogP contribution in [-0.4, -0.2) is 17.4 Å². The van der Waals surface area contributed by atoms with E-state index in [4.69, 9.17) is 11.6 Å². The number of hydrogen-bond donors (Lipinski definition) is 2. The van der Waals surface area contributed by atoms with E-state index in [2.05, 4.69) is 10.3 Å². The standard InChI is InChI=1S/C18H15ClF2N2O/c1-10-2-4-13(17(21)16(10)20)18(24)22-7-6-11-9-23-15-5-3-12(19)8-14(11)15/h2-5,8-9,23H,6-7H2,1H3,(H,22,24). The molecule has 0 aliphatic rings. The Morgan fingerprint density at radius 2 is 2.00 bits per heavy atom. The van der Waals surface area contributed by atoms with Gasteiger partial charge in [-0.2, -0.15) is 0 Å². The minimum atomic E-state index is -1.12. The van der Waals surface area contributed by atoms with Crippen molar-refractivity contribution in [1.82, 2.24) is 10.3 Å². The lowest BCUT2D eigenvalue weighted by Gasteiger charge is -2.07. The van der Waals surface area contributed by atoms with Crippen molar-refractivity contribution in [1.29, 1.82) is 0 Å². The Kier molecular flexibility index (Phi) is 4.53. The first kappa shape index (κ1) is 16.5. The van der Waals surface area contributed by atoms with Crippen LogP contribution in [0.3, 0.4) is 0 Å². The molecule has 0 aliphatic carbocycles. The second-order valence-electron chi connectivity index (χ2n) is 5.57. The fourth-order valence-electron chi connectivity index (χ4n) is 2.58. The van der Waals surface area contributed by atoms with Crippen LogP contribution in [0.4, 0.5) is 8.78 Å². The van der Waals surface area contributed by atoms with E-state index in [9.17, 15) is 13.6 Å². The maximum absolute atomic E-state index is 13.8. The fraction of sp³-hybridized carbons (Fsp3) is 0.167. The first-order valence-corrected chi connectivity index (χ1v) is 7.83. The summed E-state index contributed by atoms with van der Waals surface area (Å²) >= 11 is 6.00. The number of rotatable bonds is 4. The third-order valence-corrected chi connectivity index (χ3v) is 4.16. The van der Waals surface area contributed by atoms with Crippen molar-refractivity contribution in [3.05, 3.63) is 69.9 Å². The molecule has 124 valence electrons. The first-order valence-electron chi connectivity index (χ1n) is 7.45. The smallest absolute Gasteiger partial charge is 0.254 e. The van der Waals surface area contributed by atoms with Crippen molar-refractivity contribution in [2.24, 2.45) is 0 Å². The van der Waals surface area contributed by atoms with Gasteiger partial charge >= 0.3 is 0 Å². The van der Waals surface area contributed by atoms with Crippen LogP contribution in [0, 0.1) is 18.6 Å². The van der Waals surface area contributed by atoms with Gasteiger partial charge in [0.25, 0.3) is 5.91 Å². The molecule has 0 aliphatic heterocycles. The molecule has 1 amide bonds. The van der Waals surface area contributed by atoms with Crippen molar-refractivity contribution >= 4 is 28.4 Å². The molecule has 1 aromatic heterocycles. The van der Waals surface area contributed by atoms with E-state index >= 15 is 0 Å². The molecule has 2 aromatic carbocycles. The number of amides is 1. The highest BCUT2D eigenvalue weighted by Gasteiger charge is 2.16. The van der Waals surface area contributed by atoms with Crippen molar-refractivity contribution < 1.29 is 13.6 Å². The van der Waals surface area contributed by atoms with Crippen molar-refractivity contribution in [2.45, 2.75) is 13.3 Å². The van der Waals surface area contributed by atoms with Crippen LogP contribution in [-0.2, 0) is 6.42 Å². The van der Waals surface area contributed by atoms with Gasteiger partial charge < -0.3 is 10.3 Å². The van der Waals surface area contributed by atoms with Gasteiger partial charge in [0.2, 0.25) is 0 Å². The Morgan fingerprint density at radius 3 is 2.79 bits per heavy atom. The highest BCUT2D eigenvalue weighted by atomic mass is 35.5. The molecule has 0 radical (unpaired) electrons. The van der Waals surface area contributed by atoms with E-state index in [0.29, 0.717) is 18.0 Å². The molecule has 3 aromatic rings. The van der Waals surface area contributed by atoms with Crippen LogP contribution >= 0.6 is 11.6 Å². The normalized spacial score (nSPS) is 11.0. The Morgan fingerprint density at radius 1 is 1.21 bits per heavy atom. The van der Waals surface area contributed by atoms with Gasteiger partial charge in [-0.3, -0.25) is 4.79 Å². The summed E-state index contributed by atoms with van der Waals surface area (Å²) in [5, 5.41) is 4.22. The number of aryl methyl sites for hydroxylation is 1. The van der Waals surface area contributed by atoms with E-state index in [-0.39, 0.29) is 11.1 Å². The molecule has 3 rings (SSSR count). The predicted molar refractivity (Wildman–Crippen MR) is 90.4 cm³/mol. The molecule has 0 atom stereocenters. The number of fused-ring (bicyclic) bond motifs is 1. The number of aromatic nitrogens is 1. The van der Waals surface area contributed by atoms with Gasteiger partial charge in [0.1, 0.15) is 0 Å². The second-order valence-corrected chi connectivity index (χ2v) is 6.00. The highest BCUT2D eigenvalue weighted by Crippen LogP contribution is 2.22. The number of aromatic amines is 1. The summed E-state index contributed by atoms with van der Waals surface area (Å²) in [7, 11) is 0. The average Bonchev–Trinajstić information content (AvgIpc) is 2.95. The summed E-state index contributed by atoms with van der Waals surface area (Å²) in [6.45, 7) is 1.75. The van der Waals surface area contributed by atoms with Gasteiger partial charge in [-0.15, -0.1) is 0 Å². The number of nitrogens with one attached hydrogen (secondary N) is 2. The summed E-state index contributed by atoms with van der Waals surface area (Å²) in [6, 6.07) is 8.19. The van der Waals surface area contributed by atoms with Crippen LogP contribution in [0.15, 0.2) is 36.5 Å². The summed E-state index contributed by atoms with van der Waals surface area (Å²) in [6.07, 6.45) is 2.39. The third-order valence-electron chi connectivity index (χ3n) is 3.93. The molecule has 6 heteroatoms. The SMILES string of the molecule is Cc1ccc(C(=O)NCCc2c[nH]c3ccc(Cl)cc23)c(F)c1F. The van der Waals surface area contributed by atoms with Crippen molar-refractivity contribution in [2.75, 3.05) is 6.54 Å². The Hall–Kier alpha value is -2.40. The first-order chi connectivity index (χ1) is 11.5. The maximum Gasteiger partial charge on any atom is 0.254 e. The summed E-state index contributed by atoms with van der Waals surface area (Å²) in [5.41, 5.74) is 1.82. The molecule has 0 spiro atoms. The maximum atomic E-state index is 13.8. The van der Waals surface area contributed by atoms with Crippen LogP contribution in [0.25, 0.3) is 10.9 Å². The zero-order valence-electron chi connectivity index (χ0n) is 12.9. The Balaban J connectivity index is 1.69. The molecule has 0 bridgehead atoms. The highest BCUT2D eigenvalue weighted by molar-refractivity contribution is 6.31. The molecule has 0 unspecified atom stereocenters. The number of H-pyrrole nitrogens is 1. The van der Waals surface area contributed by atoms with E-state index in [1.807, 2.05) is 18.3 Å². The molecular weight excluding hydrogens is 334 g/mol. The number of halogens is 3. The van der Waals surface area contributed by atoms with Crippen LogP contribution in [0.2, 0.25) is 5.02 Å².